The molecule has 1 aliphatic rings. The van der Waals surface area contributed by atoms with Crippen LogP contribution in [-0.4, -0.2) is 15.3 Å². The van der Waals surface area contributed by atoms with Crippen molar-refractivity contribution in [1.82, 2.24) is 9.78 Å². The third-order valence-corrected chi connectivity index (χ3v) is 4.48. The van der Waals surface area contributed by atoms with Gasteiger partial charge < -0.3 is 5.73 Å². The summed E-state index contributed by atoms with van der Waals surface area (Å²) in [7, 11) is 2.01. The molecule has 1 saturated carbocycles. The molecule has 2 aromatic rings. The summed E-state index contributed by atoms with van der Waals surface area (Å²) >= 11 is 0. The number of benzene rings is 1. The molecule has 0 amide bonds. The minimum Gasteiger partial charge on any atom is -0.325 e. The van der Waals surface area contributed by atoms with Crippen LogP contribution < -0.4 is 5.73 Å². The Kier molecular flexibility index (Phi) is 3.09. The molecule has 2 N–H and O–H groups in total. The second kappa shape index (κ2) is 4.64. The largest absolute Gasteiger partial charge is 0.325 e. The maximum absolute atomic E-state index is 6.63. The van der Waals surface area contributed by atoms with Gasteiger partial charge in [0.1, 0.15) is 0 Å². The monoisotopic (exact) mass is 257 g/mol. The number of nitrogens with zero attached hydrogens (tertiary/aromatic N) is 2. The minimum atomic E-state index is -0.0607. The van der Waals surface area contributed by atoms with Crippen LogP contribution in [-0.2, 0) is 13.5 Å². The molecule has 3 nitrogen and oxygen atoms in total. The lowest BCUT2D eigenvalue weighted by molar-refractivity contribution is 0.234. The van der Waals surface area contributed by atoms with Crippen LogP contribution in [0.15, 0.2) is 24.3 Å². The first-order valence-corrected chi connectivity index (χ1v) is 7.27. The molecule has 0 spiro atoms. The van der Waals surface area contributed by atoms with Gasteiger partial charge in [-0.2, -0.15) is 5.10 Å². The average Bonchev–Trinajstić information content (AvgIpc) is 2.66. The highest BCUT2D eigenvalue weighted by molar-refractivity contribution is 5.81. The third kappa shape index (κ3) is 2.39. The predicted octanol–water partition coefficient (Wildman–Crippen LogP) is 3.02. The van der Waals surface area contributed by atoms with E-state index in [1.165, 1.54) is 23.7 Å². The van der Waals surface area contributed by atoms with Crippen molar-refractivity contribution < 1.29 is 0 Å². The van der Waals surface area contributed by atoms with Crippen molar-refractivity contribution in [1.29, 1.82) is 0 Å². The van der Waals surface area contributed by atoms with Gasteiger partial charge in [0, 0.05) is 24.4 Å². The van der Waals surface area contributed by atoms with Crippen molar-refractivity contribution >= 4 is 10.9 Å². The zero-order valence-corrected chi connectivity index (χ0v) is 11.9. The number of hydrogen-bond donors (Lipinski definition) is 1. The van der Waals surface area contributed by atoms with E-state index in [0.29, 0.717) is 0 Å². The highest BCUT2D eigenvalue weighted by Crippen LogP contribution is 2.34. The van der Waals surface area contributed by atoms with Gasteiger partial charge in [0.25, 0.3) is 0 Å². The molecule has 102 valence electrons. The molecule has 3 heteroatoms. The topological polar surface area (TPSA) is 43.8 Å². The Morgan fingerprint density at radius 3 is 3.00 bits per heavy atom. The fourth-order valence-electron chi connectivity index (χ4n) is 3.61. The fraction of sp³-hybridized carbons (Fsp3) is 0.562. The maximum Gasteiger partial charge on any atom is 0.0721 e. The van der Waals surface area contributed by atoms with Crippen LogP contribution in [0.5, 0.6) is 0 Å². The molecule has 1 aliphatic carbocycles. The summed E-state index contributed by atoms with van der Waals surface area (Å²) in [6.07, 6.45) is 5.73. The van der Waals surface area contributed by atoms with Gasteiger partial charge in [-0.15, -0.1) is 0 Å². The van der Waals surface area contributed by atoms with Crippen LogP contribution in [0.25, 0.3) is 10.9 Å². The molecule has 2 atom stereocenters. The first-order valence-electron chi connectivity index (χ1n) is 7.27. The molecule has 2 unspecified atom stereocenters. The van der Waals surface area contributed by atoms with Crippen molar-refractivity contribution in [3.8, 4) is 0 Å². The number of rotatable bonds is 2. The quantitative estimate of drug-likeness (QED) is 0.898. The molecule has 0 saturated heterocycles. The molecule has 0 radical (unpaired) electrons. The van der Waals surface area contributed by atoms with Crippen molar-refractivity contribution in [3.63, 3.8) is 0 Å². The summed E-state index contributed by atoms with van der Waals surface area (Å²) in [5, 5.41) is 5.95. The Balaban J connectivity index is 1.93. The van der Waals surface area contributed by atoms with Crippen molar-refractivity contribution in [2.45, 2.75) is 44.6 Å². The van der Waals surface area contributed by atoms with E-state index < -0.39 is 0 Å². The van der Waals surface area contributed by atoms with E-state index in [4.69, 9.17) is 10.8 Å². The van der Waals surface area contributed by atoms with Gasteiger partial charge in [0.15, 0.2) is 0 Å². The Morgan fingerprint density at radius 1 is 1.42 bits per heavy atom. The van der Waals surface area contributed by atoms with Crippen molar-refractivity contribution in [2.75, 3.05) is 0 Å². The van der Waals surface area contributed by atoms with Gasteiger partial charge >= 0.3 is 0 Å². The molecule has 1 aromatic carbocycles. The maximum atomic E-state index is 6.63. The lowest BCUT2D eigenvalue weighted by Gasteiger charge is -2.36. The smallest absolute Gasteiger partial charge is 0.0721 e. The van der Waals surface area contributed by atoms with Crippen LogP contribution in [0.3, 0.4) is 0 Å². The van der Waals surface area contributed by atoms with Gasteiger partial charge in [-0.3, -0.25) is 4.68 Å². The Hall–Kier alpha value is -1.35. The summed E-state index contributed by atoms with van der Waals surface area (Å²) in [6.45, 7) is 2.32. The number of para-hydroxylation sites is 1. The molecular formula is C16H23N3. The van der Waals surface area contributed by atoms with E-state index in [0.717, 1.165) is 30.9 Å². The van der Waals surface area contributed by atoms with E-state index >= 15 is 0 Å². The predicted molar refractivity (Wildman–Crippen MR) is 79.0 cm³/mol. The summed E-state index contributed by atoms with van der Waals surface area (Å²) in [5.41, 5.74) is 8.93. The number of aromatic nitrogens is 2. The normalized spacial score (nSPS) is 27.8. The molecule has 1 fully saturated rings. The Morgan fingerprint density at radius 2 is 2.21 bits per heavy atom. The zero-order valence-electron chi connectivity index (χ0n) is 11.9. The van der Waals surface area contributed by atoms with Crippen LogP contribution in [0.4, 0.5) is 0 Å². The summed E-state index contributed by atoms with van der Waals surface area (Å²) in [6, 6.07) is 8.43. The first kappa shape index (κ1) is 12.7. The molecule has 1 heterocycles. The van der Waals surface area contributed by atoms with Crippen molar-refractivity contribution in [2.24, 2.45) is 18.7 Å². The van der Waals surface area contributed by atoms with E-state index in [9.17, 15) is 0 Å². The van der Waals surface area contributed by atoms with Crippen LogP contribution in [0, 0.1) is 5.92 Å². The standard InChI is InChI=1S/C16H23N3/c1-12-6-5-9-16(17,10-12)11-14-13-7-3-4-8-15(13)19(2)18-14/h3-4,7-8,12H,5-6,9-11,17H2,1-2H3. The lowest BCUT2D eigenvalue weighted by Crippen LogP contribution is -2.46. The number of fused-ring (bicyclic) bond motifs is 1. The second-order valence-corrected chi connectivity index (χ2v) is 6.33. The van der Waals surface area contributed by atoms with Crippen LogP contribution >= 0.6 is 0 Å². The van der Waals surface area contributed by atoms with Crippen LogP contribution in [0.2, 0.25) is 0 Å². The highest BCUT2D eigenvalue weighted by atomic mass is 15.3. The molecule has 0 bridgehead atoms. The average molecular weight is 257 g/mol. The van der Waals surface area contributed by atoms with Crippen molar-refractivity contribution in [3.05, 3.63) is 30.0 Å². The van der Waals surface area contributed by atoms with Gasteiger partial charge in [-0.25, -0.2) is 0 Å². The molecule has 0 aliphatic heterocycles. The summed E-state index contributed by atoms with van der Waals surface area (Å²) in [5.74, 6) is 0.744. The van der Waals surface area contributed by atoms with Gasteiger partial charge in [-0.1, -0.05) is 38.0 Å². The third-order valence-electron chi connectivity index (χ3n) is 4.48. The molecule has 1 aromatic heterocycles. The van der Waals surface area contributed by atoms with Gasteiger partial charge in [-0.05, 0) is 24.8 Å². The lowest BCUT2D eigenvalue weighted by atomic mass is 9.74. The summed E-state index contributed by atoms with van der Waals surface area (Å²) in [4.78, 5) is 0. The summed E-state index contributed by atoms with van der Waals surface area (Å²) < 4.78 is 1.97. The Bertz CT molecular complexity index is 587. The second-order valence-electron chi connectivity index (χ2n) is 6.33. The number of nitrogens with two attached hydrogens (primary N) is 1. The van der Waals surface area contributed by atoms with E-state index in [-0.39, 0.29) is 5.54 Å². The molecule has 3 rings (SSSR count). The van der Waals surface area contributed by atoms with Gasteiger partial charge in [0.2, 0.25) is 0 Å². The SMILES string of the molecule is CC1CCCC(N)(Cc2nn(C)c3ccccc23)C1. The van der Waals surface area contributed by atoms with E-state index in [1.54, 1.807) is 0 Å². The number of aryl methyl sites for hydroxylation is 1. The fourth-order valence-corrected chi connectivity index (χ4v) is 3.61. The van der Waals surface area contributed by atoms with E-state index in [1.807, 2.05) is 11.7 Å². The van der Waals surface area contributed by atoms with Crippen LogP contribution in [0.1, 0.15) is 38.3 Å². The van der Waals surface area contributed by atoms with E-state index in [2.05, 4.69) is 31.2 Å². The first-order chi connectivity index (χ1) is 9.07. The van der Waals surface area contributed by atoms with Gasteiger partial charge in [0.05, 0.1) is 11.2 Å². The number of hydrogen-bond acceptors (Lipinski definition) is 2. The minimum absolute atomic E-state index is 0.0607. The highest BCUT2D eigenvalue weighted by Gasteiger charge is 2.32. The Labute approximate surface area is 114 Å². The molecule has 19 heavy (non-hydrogen) atoms. The molecular weight excluding hydrogens is 234 g/mol. The zero-order chi connectivity index (χ0) is 13.5.